The number of pyridine rings is 1. The maximum Gasteiger partial charge on any atom is 0.343 e. The molecular weight excluding hydrogens is 304 g/mol. The van der Waals surface area contributed by atoms with Gasteiger partial charge >= 0.3 is 5.97 Å². The molecule has 128 valence electrons. The quantitative estimate of drug-likeness (QED) is 0.880. The number of methoxy groups -OCH3 is 1. The molecule has 1 aliphatic heterocycles. The van der Waals surface area contributed by atoms with Gasteiger partial charge in [0.25, 0.3) is 0 Å². The highest BCUT2D eigenvalue weighted by Crippen LogP contribution is 2.17. The predicted octanol–water partition coefficient (Wildman–Crippen LogP) is 2.75. The van der Waals surface area contributed by atoms with Gasteiger partial charge in [0.05, 0.1) is 7.11 Å². The monoisotopic (exact) mass is 328 g/mol. The van der Waals surface area contributed by atoms with E-state index in [-0.39, 0.29) is 11.0 Å². The lowest BCUT2D eigenvalue weighted by Crippen LogP contribution is -2.35. The molecule has 0 bridgehead atoms. The third-order valence-electron chi connectivity index (χ3n) is 3.99. The van der Waals surface area contributed by atoms with Gasteiger partial charge in [-0.2, -0.15) is 0 Å². The molecule has 1 aliphatic rings. The summed E-state index contributed by atoms with van der Waals surface area (Å²) in [5, 5.41) is 0. The van der Waals surface area contributed by atoms with Gasteiger partial charge in [0.2, 0.25) is 0 Å². The fraction of sp³-hybridized carbons (Fsp3) is 0.368. The minimum absolute atomic E-state index is 0.0813. The van der Waals surface area contributed by atoms with Crippen LogP contribution in [0.25, 0.3) is 0 Å². The van der Waals surface area contributed by atoms with E-state index in [1.54, 1.807) is 0 Å². The number of hydrogen-bond donors (Lipinski definition) is 1. The van der Waals surface area contributed by atoms with Crippen molar-refractivity contribution in [1.29, 1.82) is 0 Å². The Morgan fingerprint density at radius 1 is 1.25 bits per heavy atom. The second kappa shape index (κ2) is 8.45. The van der Waals surface area contributed by atoms with Gasteiger partial charge in [-0.15, -0.1) is 0 Å². The Kier molecular flexibility index (Phi) is 6.32. The average Bonchev–Trinajstić information content (AvgIpc) is 2.64. The van der Waals surface area contributed by atoms with Crippen molar-refractivity contribution >= 4 is 5.97 Å². The molecule has 1 N–H and O–H groups in total. The molecule has 0 saturated heterocycles. The van der Waals surface area contributed by atoms with E-state index in [0.717, 1.165) is 18.8 Å². The zero-order valence-electron chi connectivity index (χ0n) is 14.5. The summed E-state index contributed by atoms with van der Waals surface area (Å²) in [4.78, 5) is 29.3. The average molecular weight is 328 g/mol. The van der Waals surface area contributed by atoms with Crippen LogP contribution in [0.5, 0.6) is 0 Å². The molecule has 0 saturated carbocycles. The van der Waals surface area contributed by atoms with Gasteiger partial charge < -0.3 is 9.72 Å². The molecule has 0 unspecified atom stereocenters. The van der Waals surface area contributed by atoms with Crippen molar-refractivity contribution in [1.82, 2.24) is 9.88 Å². The summed E-state index contributed by atoms with van der Waals surface area (Å²) >= 11 is 0. The Hall–Kier alpha value is -2.40. The number of nitrogens with one attached hydrogen (secondary N) is 1. The molecule has 1 aromatic carbocycles. The van der Waals surface area contributed by atoms with Crippen molar-refractivity contribution in [3.8, 4) is 0 Å². The second-order valence-electron chi connectivity index (χ2n) is 5.43. The predicted molar refractivity (Wildman–Crippen MR) is 94.0 cm³/mol. The Morgan fingerprint density at radius 3 is 2.62 bits per heavy atom. The topological polar surface area (TPSA) is 62.4 Å². The minimum Gasteiger partial charge on any atom is -0.465 e. The van der Waals surface area contributed by atoms with E-state index < -0.39 is 5.97 Å². The molecule has 24 heavy (non-hydrogen) atoms. The highest BCUT2D eigenvalue weighted by molar-refractivity contribution is 5.89. The van der Waals surface area contributed by atoms with Gasteiger partial charge in [-0.05, 0) is 12.0 Å². The van der Waals surface area contributed by atoms with Crippen LogP contribution >= 0.6 is 0 Å². The molecule has 0 fully saturated rings. The SMILES string of the molecule is CC.COC(=O)c1c[nH]c2c(c1=O)CCN(Cc1ccccc1)C2. The number of ether oxygens (including phenoxy) is 1. The molecule has 0 aliphatic carbocycles. The van der Waals surface area contributed by atoms with E-state index in [4.69, 9.17) is 0 Å². The zero-order valence-corrected chi connectivity index (χ0v) is 14.5. The van der Waals surface area contributed by atoms with E-state index in [9.17, 15) is 9.59 Å². The lowest BCUT2D eigenvalue weighted by atomic mass is 10.0. The highest BCUT2D eigenvalue weighted by Gasteiger charge is 2.22. The molecular formula is C19H24N2O3. The third kappa shape index (κ3) is 3.92. The minimum atomic E-state index is -0.587. The fourth-order valence-electron chi connectivity index (χ4n) is 2.83. The number of benzene rings is 1. The molecule has 2 aromatic rings. The summed E-state index contributed by atoms with van der Waals surface area (Å²) in [7, 11) is 1.28. The van der Waals surface area contributed by atoms with Crippen molar-refractivity contribution in [2.75, 3.05) is 13.7 Å². The first-order chi connectivity index (χ1) is 11.7. The van der Waals surface area contributed by atoms with E-state index >= 15 is 0 Å². The van der Waals surface area contributed by atoms with Crippen LogP contribution in [0.2, 0.25) is 0 Å². The van der Waals surface area contributed by atoms with Crippen molar-refractivity contribution in [3.63, 3.8) is 0 Å². The number of hydrogen-bond acceptors (Lipinski definition) is 4. The maximum absolute atomic E-state index is 12.3. The maximum atomic E-state index is 12.3. The summed E-state index contributed by atoms with van der Waals surface area (Å²) in [6.45, 7) is 6.33. The summed E-state index contributed by atoms with van der Waals surface area (Å²) in [5.41, 5.74) is 2.71. The van der Waals surface area contributed by atoms with E-state index in [2.05, 4.69) is 26.8 Å². The number of fused-ring (bicyclic) bond motifs is 1. The number of carbonyl (C=O) groups excluding carboxylic acids is 1. The summed E-state index contributed by atoms with van der Waals surface area (Å²) in [6.07, 6.45) is 2.10. The van der Waals surface area contributed by atoms with Crippen molar-refractivity contribution < 1.29 is 9.53 Å². The smallest absolute Gasteiger partial charge is 0.343 e. The van der Waals surface area contributed by atoms with Gasteiger partial charge in [0.1, 0.15) is 5.56 Å². The molecule has 1 aromatic heterocycles. The van der Waals surface area contributed by atoms with Crippen LogP contribution in [0.15, 0.2) is 41.3 Å². The van der Waals surface area contributed by atoms with Crippen LogP contribution in [0.3, 0.4) is 0 Å². The zero-order chi connectivity index (χ0) is 17.5. The van der Waals surface area contributed by atoms with Crippen LogP contribution in [-0.2, 0) is 24.2 Å². The Morgan fingerprint density at radius 2 is 1.96 bits per heavy atom. The number of aromatic amines is 1. The van der Waals surface area contributed by atoms with Crippen LogP contribution in [-0.4, -0.2) is 29.5 Å². The number of esters is 1. The third-order valence-corrected chi connectivity index (χ3v) is 3.99. The molecule has 3 rings (SSSR count). The molecule has 5 nitrogen and oxygen atoms in total. The van der Waals surface area contributed by atoms with Crippen LogP contribution in [0.4, 0.5) is 0 Å². The van der Waals surface area contributed by atoms with Crippen molar-refractivity contribution in [2.45, 2.75) is 33.4 Å². The Balaban J connectivity index is 0.00000100. The molecule has 0 atom stereocenters. The number of H-pyrrole nitrogens is 1. The van der Waals surface area contributed by atoms with Gasteiger partial charge in [-0.3, -0.25) is 9.69 Å². The standard InChI is InChI=1S/C17H18N2O3.C2H6/c1-22-17(21)14-9-18-15-11-19(8-7-13(15)16(14)20)10-12-5-3-2-4-6-12;1-2/h2-6,9H,7-8,10-11H2,1H3,(H,18,20);1-2H3. The largest absolute Gasteiger partial charge is 0.465 e. The summed E-state index contributed by atoms with van der Waals surface area (Å²) in [6, 6.07) is 10.2. The Bertz CT molecular complexity index is 738. The first kappa shape index (κ1) is 17.9. The number of nitrogens with zero attached hydrogens (tertiary/aromatic N) is 1. The number of aromatic nitrogens is 1. The highest BCUT2D eigenvalue weighted by atomic mass is 16.5. The van der Waals surface area contributed by atoms with E-state index in [1.807, 2.05) is 32.0 Å². The number of carbonyl (C=O) groups is 1. The molecule has 0 amide bonds. The summed E-state index contributed by atoms with van der Waals surface area (Å²) in [5.74, 6) is -0.587. The van der Waals surface area contributed by atoms with Crippen molar-refractivity contribution in [3.05, 3.63) is 69.1 Å². The number of rotatable bonds is 3. The normalized spacial score (nSPS) is 13.5. The lowest BCUT2D eigenvalue weighted by molar-refractivity contribution is 0.0598. The molecule has 0 radical (unpaired) electrons. The van der Waals surface area contributed by atoms with Crippen molar-refractivity contribution in [2.24, 2.45) is 0 Å². The van der Waals surface area contributed by atoms with Crippen LogP contribution < -0.4 is 5.43 Å². The fourth-order valence-corrected chi connectivity index (χ4v) is 2.83. The molecule has 0 spiro atoms. The van der Waals surface area contributed by atoms with Gasteiger partial charge in [0, 0.05) is 37.1 Å². The van der Waals surface area contributed by atoms with Crippen LogP contribution in [0.1, 0.15) is 41.0 Å². The van der Waals surface area contributed by atoms with Crippen LogP contribution in [0, 0.1) is 0 Å². The van der Waals surface area contributed by atoms with Gasteiger partial charge in [0.15, 0.2) is 5.43 Å². The van der Waals surface area contributed by atoms with E-state index in [0.29, 0.717) is 18.5 Å². The molecule has 5 heteroatoms. The van der Waals surface area contributed by atoms with E-state index in [1.165, 1.54) is 18.9 Å². The first-order valence-corrected chi connectivity index (χ1v) is 8.27. The second-order valence-corrected chi connectivity index (χ2v) is 5.43. The first-order valence-electron chi connectivity index (χ1n) is 8.27. The van der Waals surface area contributed by atoms with Gasteiger partial charge in [-0.25, -0.2) is 4.79 Å². The summed E-state index contributed by atoms with van der Waals surface area (Å²) < 4.78 is 4.64. The Labute approximate surface area is 142 Å². The molecule has 2 heterocycles. The lowest BCUT2D eigenvalue weighted by Gasteiger charge is -2.28. The van der Waals surface area contributed by atoms with Gasteiger partial charge in [-0.1, -0.05) is 44.2 Å².